The number of nitrogens with zero attached hydrogens (tertiary/aromatic N) is 2. The molecule has 0 aliphatic carbocycles. The summed E-state index contributed by atoms with van der Waals surface area (Å²) in [5.74, 6) is 1.72. The molecule has 3 heterocycles. The van der Waals surface area contributed by atoms with E-state index in [0.717, 1.165) is 48.1 Å². The number of carbonyl (C=O) groups is 1. The molecule has 1 aromatic heterocycles. The van der Waals surface area contributed by atoms with Crippen LogP contribution in [0.3, 0.4) is 0 Å². The van der Waals surface area contributed by atoms with Gasteiger partial charge in [0.15, 0.2) is 5.78 Å². The molecule has 0 N–H and O–H groups in total. The molecule has 0 spiro atoms. The predicted molar refractivity (Wildman–Crippen MR) is 153 cm³/mol. The van der Waals surface area contributed by atoms with Gasteiger partial charge < -0.3 is 4.90 Å². The first-order valence-corrected chi connectivity index (χ1v) is 14.7. The third-order valence-electron chi connectivity index (χ3n) is 7.30. The Balaban J connectivity index is 0.000000543. The van der Waals surface area contributed by atoms with Gasteiger partial charge in [-0.3, -0.25) is 9.69 Å². The smallest absolute Gasteiger partial charge is 0.162 e. The van der Waals surface area contributed by atoms with Crippen molar-refractivity contribution < 1.29 is 4.79 Å². The van der Waals surface area contributed by atoms with Crippen molar-refractivity contribution in [2.24, 2.45) is 11.8 Å². The maximum Gasteiger partial charge on any atom is 0.162 e. The lowest BCUT2D eigenvalue weighted by atomic mass is 9.90. The van der Waals surface area contributed by atoms with Gasteiger partial charge in [0.2, 0.25) is 0 Å². The number of ketones is 1. The molecule has 3 aromatic rings. The quantitative estimate of drug-likeness (QED) is 0.270. The van der Waals surface area contributed by atoms with E-state index >= 15 is 0 Å². The molecule has 2 aliphatic heterocycles. The van der Waals surface area contributed by atoms with E-state index in [2.05, 4.69) is 9.80 Å². The minimum absolute atomic E-state index is 0.287. The monoisotopic (exact) mass is 542 g/mol. The molecule has 5 rings (SSSR count). The minimum Gasteiger partial charge on any atom is -0.303 e. The highest BCUT2D eigenvalue weighted by Crippen LogP contribution is 2.28. The van der Waals surface area contributed by atoms with Crippen molar-refractivity contribution in [3.05, 3.63) is 92.6 Å². The molecule has 2 fully saturated rings. The average molecular weight is 544 g/mol. The standard InChI is InChI=1S/C26H32Cl2N2O.C4H4S/c27-24-8-7-23(25(28)16-24)19-30-15-12-21(18-30)17-29-13-10-20(11-14-29)6-9-26(31)22-4-2-1-3-5-22;1-2-4-5-3-1/h1-5,7-8,16,20-21H,6,9-15,17-19H2;1-4H/t21-;/m1./s1. The van der Waals surface area contributed by atoms with Gasteiger partial charge in [-0.1, -0.05) is 71.7 Å². The summed E-state index contributed by atoms with van der Waals surface area (Å²) < 4.78 is 0. The molecule has 1 atom stereocenters. The SMILES string of the molecule is O=C(CCC1CCN(C[C@H]2CCN(Cc3ccc(Cl)cc3Cl)C2)CC1)c1ccccc1.c1ccsc1. The first kappa shape index (κ1) is 27.3. The van der Waals surface area contributed by atoms with Crippen LogP contribution >= 0.6 is 34.5 Å². The summed E-state index contributed by atoms with van der Waals surface area (Å²) in [7, 11) is 0. The molecule has 2 saturated heterocycles. The Hall–Kier alpha value is -1.69. The molecule has 36 heavy (non-hydrogen) atoms. The van der Waals surface area contributed by atoms with E-state index in [4.69, 9.17) is 23.2 Å². The van der Waals surface area contributed by atoms with E-state index in [0.29, 0.717) is 17.4 Å². The highest BCUT2D eigenvalue weighted by Gasteiger charge is 2.27. The van der Waals surface area contributed by atoms with Gasteiger partial charge in [-0.25, -0.2) is 0 Å². The normalized spacial score (nSPS) is 19.1. The lowest BCUT2D eigenvalue weighted by Gasteiger charge is -2.33. The first-order valence-electron chi connectivity index (χ1n) is 13.0. The van der Waals surface area contributed by atoms with Crippen LogP contribution in [0, 0.1) is 11.8 Å². The molecule has 2 aliphatic rings. The summed E-state index contributed by atoms with van der Waals surface area (Å²) in [4.78, 5) is 17.5. The Bertz CT molecular complexity index is 1030. The molecule has 2 aromatic carbocycles. The van der Waals surface area contributed by atoms with Gasteiger partial charge in [0.05, 0.1) is 0 Å². The number of hydrogen-bond acceptors (Lipinski definition) is 4. The molecule has 0 bridgehead atoms. The Morgan fingerprint density at radius 2 is 1.56 bits per heavy atom. The van der Waals surface area contributed by atoms with Crippen LogP contribution in [0.5, 0.6) is 0 Å². The molecule has 6 heteroatoms. The minimum atomic E-state index is 0.287. The number of Topliss-reactive ketones (excluding diaryl/α,β-unsaturated/α-hetero) is 1. The Morgan fingerprint density at radius 3 is 2.22 bits per heavy atom. The fourth-order valence-electron chi connectivity index (χ4n) is 5.25. The summed E-state index contributed by atoms with van der Waals surface area (Å²) in [5.41, 5.74) is 2.02. The summed E-state index contributed by atoms with van der Waals surface area (Å²) in [6, 6.07) is 19.5. The zero-order valence-electron chi connectivity index (χ0n) is 20.8. The largest absolute Gasteiger partial charge is 0.303 e. The van der Waals surface area contributed by atoms with Crippen LogP contribution in [0.4, 0.5) is 0 Å². The second-order valence-electron chi connectivity index (χ2n) is 9.99. The zero-order valence-corrected chi connectivity index (χ0v) is 23.2. The topological polar surface area (TPSA) is 23.6 Å². The molecular weight excluding hydrogens is 507 g/mol. The number of carbonyl (C=O) groups excluding carboxylic acids is 1. The lowest BCUT2D eigenvalue weighted by molar-refractivity contribution is 0.0959. The fraction of sp³-hybridized carbons (Fsp3) is 0.433. The van der Waals surface area contributed by atoms with Crippen molar-refractivity contribution in [3.63, 3.8) is 0 Å². The average Bonchev–Trinajstić information content (AvgIpc) is 3.62. The van der Waals surface area contributed by atoms with Gasteiger partial charge in [-0.05, 0) is 85.6 Å². The van der Waals surface area contributed by atoms with Crippen LogP contribution in [0.1, 0.15) is 48.0 Å². The van der Waals surface area contributed by atoms with Crippen molar-refractivity contribution in [1.29, 1.82) is 0 Å². The van der Waals surface area contributed by atoms with Gasteiger partial charge in [0.25, 0.3) is 0 Å². The molecule has 0 unspecified atom stereocenters. The molecule has 192 valence electrons. The fourth-order valence-corrected chi connectivity index (χ4v) is 6.17. The van der Waals surface area contributed by atoms with Crippen LogP contribution in [-0.4, -0.2) is 48.3 Å². The second-order valence-corrected chi connectivity index (χ2v) is 11.7. The number of hydrogen-bond donors (Lipinski definition) is 0. The van der Waals surface area contributed by atoms with E-state index < -0.39 is 0 Å². The van der Waals surface area contributed by atoms with Crippen LogP contribution in [0.15, 0.2) is 71.4 Å². The van der Waals surface area contributed by atoms with Crippen molar-refractivity contribution in [1.82, 2.24) is 9.80 Å². The van der Waals surface area contributed by atoms with Crippen molar-refractivity contribution in [2.75, 3.05) is 32.7 Å². The van der Waals surface area contributed by atoms with Gasteiger partial charge in [0.1, 0.15) is 0 Å². The van der Waals surface area contributed by atoms with E-state index in [-0.39, 0.29) is 5.78 Å². The first-order chi connectivity index (χ1) is 17.6. The summed E-state index contributed by atoms with van der Waals surface area (Å²) in [6.45, 7) is 6.73. The molecule has 0 amide bonds. The van der Waals surface area contributed by atoms with Crippen molar-refractivity contribution in [2.45, 2.75) is 38.6 Å². The highest BCUT2D eigenvalue weighted by molar-refractivity contribution is 7.07. The number of thiophene rings is 1. The maximum absolute atomic E-state index is 12.4. The van der Waals surface area contributed by atoms with Gasteiger partial charge in [-0.15, -0.1) is 0 Å². The Labute approximate surface area is 230 Å². The lowest BCUT2D eigenvalue weighted by Crippen LogP contribution is -2.38. The number of rotatable bonds is 8. The Morgan fingerprint density at radius 1 is 0.861 bits per heavy atom. The molecule has 0 saturated carbocycles. The van der Waals surface area contributed by atoms with E-state index in [1.165, 1.54) is 38.9 Å². The third-order valence-corrected chi connectivity index (χ3v) is 8.52. The zero-order chi connectivity index (χ0) is 25.2. The van der Waals surface area contributed by atoms with E-state index in [9.17, 15) is 4.79 Å². The molecular formula is C30H36Cl2N2OS. The van der Waals surface area contributed by atoms with Crippen LogP contribution < -0.4 is 0 Å². The summed E-state index contributed by atoms with van der Waals surface area (Å²) >= 11 is 14.1. The highest BCUT2D eigenvalue weighted by atomic mass is 35.5. The molecule has 3 nitrogen and oxygen atoms in total. The van der Waals surface area contributed by atoms with Gasteiger partial charge in [0, 0.05) is 41.7 Å². The molecule has 0 radical (unpaired) electrons. The van der Waals surface area contributed by atoms with E-state index in [1.54, 1.807) is 11.3 Å². The number of benzene rings is 2. The predicted octanol–water partition coefficient (Wildman–Crippen LogP) is 7.94. The summed E-state index contributed by atoms with van der Waals surface area (Å²) in [6.07, 6.45) is 5.41. The second kappa shape index (κ2) is 14.3. The van der Waals surface area contributed by atoms with Crippen molar-refractivity contribution in [3.8, 4) is 0 Å². The van der Waals surface area contributed by atoms with Gasteiger partial charge >= 0.3 is 0 Å². The van der Waals surface area contributed by atoms with Crippen LogP contribution in [-0.2, 0) is 6.54 Å². The van der Waals surface area contributed by atoms with Crippen LogP contribution in [0.25, 0.3) is 0 Å². The summed E-state index contributed by atoms with van der Waals surface area (Å²) in [5, 5.41) is 5.55. The van der Waals surface area contributed by atoms with Gasteiger partial charge in [-0.2, -0.15) is 11.3 Å². The third kappa shape index (κ3) is 8.71. The van der Waals surface area contributed by atoms with Crippen LogP contribution in [0.2, 0.25) is 10.0 Å². The van der Waals surface area contributed by atoms with Crippen molar-refractivity contribution >= 4 is 40.3 Å². The number of piperidine rings is 1. The van der Waals surface area contributed by atoms with E-state index in [1.807, 2.05) is 71.4 Å². The number of likely N-dealkylation sites (tertiary alicyclic amines) is 2. The maximum atomic E-state index is 12.4. The number of halogens is 2. The Kier molecular flexibility index (Phi) is 10.9.